The number of nitrogens with zero attached hydrogens (tertiary/aromatic N) is 5. The minimum absolute atomic E-state index is 0.00638. The average molecular weight is 520 g/mol. The Kier molecular flexibility index (Phi) is 6.29. The molecule has 1 saturated heterocycles. The van der Waals surface area contributed by atoms with Crippen molar-refractivity contribution >= 4 is 11.6 Å². The number of hydrogen-bond acceptors (Lipinski definition) is 4. The van der Waals surface area contributed by atoms with E-state index in [9.17, 15) is 18.0 Å². The number of benzene rings is 2. The summed E-state index contributed by atoms with van der Waals surface area (Å²) in [7, 11) is 1.42. The third-order valence-electron chi connectivity index (χ3n) is 7.25. The summed E-state index contributed by atoms with van der Waals surface area (Å²) < 4.78 is 73.6. The molecule has 1 fully saturated rings. The normalized spacial score (nSPS) is 17.5. The van der Waals surface area contributed by atoms with Crippen molar-refractivity contribution in [3.8, 4) is 0 Å². The molecule has 5 rings (SSSR count). The SMILES string of the molecule is CC(c1cccc(N2Cc3c(cc(CN4CCCC4)cc3C(F)(F)F)C2=O)c1)C(F)(F)c1nncn1C. The predicted octanol–water partition coefficient (Wildman–Crippen LogP) is 5.49. The highest BCUT2D eigenvalue weighted by atomic mass is 19.4. The van der Waals surface area contributed by atoms with E-state index >= 15 is 8.78 Å². The Balaban J connectivity index is 1.47. The first-order chi connectivity index (χ1) is 17.5. The third-order valence-corrected chi connectivity index (χ3v) is 7.25. The van der Waals surface area contributed by atoms with Crippen LogP contribution in [0.2, 0.25) is 0 Å². The van der Waals surface area contributed by atoms with Crippen LogP contribution in [-0.2, 0) is 32.2 Å². The number of anilines is 1. The van der Waals surface area contributed by atoms with Gasteiger partial charge in [0.05, 0.1) is 18.0 Å². The molecular weight excluding hydrogens is 493 g/mol. The lowest BCUT2D eigenvalue weighted by atomic mass is 9.93. The number of aromatic nitrogens is 3. The Morgan fingerprint density at radius 3 is 2.43 bits per heavy atom. The fourth-order valence-electron chi connectivity index (χ4n) is 5.17. The van der Waals surface area contributed by atoms with Crippen LogP contribution in [-0.4, -0.2) is 38.7 Å². The Bertz CT molecular complexity index is 1330. The van der Waals surface area contributed by atoms with Crippen LogP contribution in [0.25, 0.3) is 0 Å². The predicted molar refractivity (Wildman–Crippen MR) is 126 cm³/mol. The van der Waals surface area contributed by atoms with Crippen LogP contribution < -0.4 is 4.90 Å². The fourth-order valence-corrected chi connectivity index (χ4v) is 5.17. The molecule has 0 N–H and O–H groups in total. The average Bonchev–Trinajstić information content (AvgIpc) is 3.59. The monoisotopic (exact) mass is 519 g/mol. The fraction of sp³-hybridized carbons (Fsp3) is 0.423. The zero-order chi connectivity index (χ0) is 26.5. The molecule has 0 spiro atoms. The minimum atomic E-state index is -4.63. The van der Waals surface area contributed by atoms with Gasteiger partial charge in [0.2, 0.25) is 5.82 Å². The van der Waals surface area contributed by atoms with E-state index in [1.54, 1.807) is 12.1 Å². The highest BCUT2D eigenvalue weighted by Crippen LogP contribution is 2.43. The van der Waals surface area contributed by atoms with Gasteiger partial charge in [-0.05, 0) is 66.9 Å². The number of likely N-dealkylation sites (tertiary alicyclic amines) is 1. The lowest BCUT2D eigenvalue weighted by Gasteiger charge is -2.24. The molecule has 37 heavy (non-hydrogen) atoms. The minimum Gasteiger partial charge on any atom is -0.316 e. The van der Waals surface area contributed by atoms with Gasteiger partial charge in [0.1, 0.15) is 6.33 Å². The van der Waals surface area contributed by atoms with Crippen LogP contribution in [0.15, 0.2) is 42.7 Å². The summed E-state index contributed by atoms with van der Waals surface area (Å²) in [6.45, 7) is 3.00. The van der Waals surface area contributed by atoms with Crippen molar-refractivity contribution in [3.05, 3.63) is 76.4 Å². The number of fused-ring (bicyclic) bond motifs is 1. The summed E-state index contributed by atoms with van der Waals surface area (Å²) in [5, 5.41) is 7.07. The van der Waals surface area contributed by atoms with Crippen LogP contribution in [0.1, 0.15) is 64.1 Å². The van der Waals surface area contributed by atoms with E-state index in [1.165, 1.54) is 43.4 Å². The molecule has 1 amide bonds. The molecule has 0 radical (unpaired) electrons. The van der Waals surface area contributed by atoms with Crippen molar-refractivity contribution in [3.63, 3.8) is 0 Å². The van der Waals surface area contributed by atoms with Gasteiger partial charge in [0, 0.05) is 24.8 Å². The van der Waals surface area contributed by atoms with Gasteiger partial charge in [-0.15, -0.1) is 10.2 Å². The van der Waals surface area contributed by atoms with Crippen molar-refractivity contribution in [1.82, 2.24) is 19.7 Å². The Morgan fingerprint density at radius 1 is 1.05 bits per heavy atom. The summed E-state index contributed by atoms with van der Waals surface area (Å²) in [6.07, 6.45) is -1.46. The number of alkyl halides is 5. The van der Waals surface area contributed by atoms with Crippen LogP contribution in [0.5, 0.6) is 0 Å². The van der Waals surface area contributed by atoms with Crippen molar-refractivity contribution in [2.45, 2.75) is 50.9 Å². The van der Waals surface area contributed by atoms with Crippen molar-refractivity contribution in [1.29, 1.82) is 0 Å². The van der Waals surface area contributed by atoms with Crippen molar-refractivity contribution in [2.75, 3.05) is 18.0 Å². The lowest BCUT2D eigenvalue weighted by Crippen LogP contribution is -2.27. The molecular formula is C26H26F5N5O. The molecule has 2 aliphatic rings. The second kappa shape index (κ2) is 9.20. The molecule has 3 aromatic rings. The maximum atomic E-state index is 15.2. The topological polar surface area (TPSA) is 54.3 Å². The largest absolute Gasteiger partial charge is 0.416 e. The molecule has 1 aromatic heterocycles. The van der Waals surface area contributed by atoms with Gasteiger partial charge in [0.15, 0.2) is 0 Å². The van der Waals surface area contributed by atoms with Gasteiger partial charge >= 0.3 is 12.1 Å². The number of carbonyl (C=O) groups is 1. The van der Waals surface area contributed by atoms with Gasteiger partial charge in [-0.2, -0.15) is 22.0 Å². The second-order valence-electron chi connectivity index (χ2n) is 9.75. The molecule has 3 heterocycles. The Hall–Kier alpha value is -3.34. The van der Waals surface area contributed by atoms with E-state index in [4.69, 9.17) is 0 Å². The van der Waals surface area contributed by atoms with Gasteiger partial charge in [-0.25, -0.2) is 0 Å². The molecule has 0 saturated carbocycles. The first-order valence-electron chi connectivity index (χ1n) is 12.1. The van der Waals surface area contributed by atoms with E-state index in [0.717, 1.165) is 36.6 Å². The highest BCUT2D eigenvalue weighted by molar-refractivity contribution is 6.10. The summed E-state index contributed by atoms with van der Waals surface area (Å²) in [5.41, 5.74) is 0.00762. The molecule has 11 heteroatoms. The summed E-state index contributed by atoms with van der Waals surface area (Å²) in [4.78, 5) is 16.6. The van der Waals surface area contributed by atoms with E-state index in [0.29, 0.717) is 12.1 Å². The van der Waals surface area contributed by atoms with E-state index < -0.39 is 35.3 Å². The summed E-state index contributed by atoms with van der Waals surface area (Å²) in [5.74, 6) is -5.77. The standard InChI is InChI=1S/C26H26F5N5O/c1-16(25(27,28)24-33-32-15-34(24)2)18-6-5-7-19(12-18)36-14-21-20(23(36)37)10-17(11-22(21)26(29,30)31)13-35-8-3-4-9-35/h5-7,10-12,15-16H,3-4,8-9,13-14H2,1-2H3. The lowest BCUT2D eigenvalue weighted by molar-refractivity contribution is -0.138. The number of halogens is 5. The summed E-state index contributed by atoms with van der Waals surface area (Å²) in [6, 6.07) is 8.67. The molecule has 2 aliphatic heterocycles. The van der Waals surface area contributed by atoms with E-state index in [2.05, 4.69) is 15.1 Å². The molecule has 196 valence electrons. The first-order valence-corrected chi connectivity index (χ1v) is 12.1. The van der Waals surface area contributed by atoms with Crippen LogP contribution >= 0.6 is 0 Å². The van der Waals surface area contributed by atoms with E-state index in [-0.39, 0.29) is 28.9 Å². The number of aryl methyl sites for hydroxylation is 1. The smallest absolute Gasteiger partial charge is 0.316 e. The molecule has 2 aromatic carbocycles. The Morgan fingerprint density at radius 2 is 1.78 bits per heavy atom. The van der Waals surface area contributed by atoms with Crippen LogP contribution in [0, 0.1) is 0 Å². The third kappa shape index (κ3) is 4.60. The maximum absolute atomic E-state index is 15.2. The number of rotatable bonds is 6. The molecule has 1 unspecified atom stereocenters. The quantitative estimate of drug-likeness (QED) is 0.405. The summed E-state index contributed by atoms with van der Waals surface area (Å²) >= 11 is 0. The van der Waals surface area contributed by atoms with Gasteiger partial charge < -0.3 is 9.47 Å². The number of hydrogen-bond donors (Lipinski definition) is 0. The molecule has 6 nitrogen and oxygen atoms in total. The van der Waals surface area contributed by atoms with Gasteiger partial charge in [0.25, 0.3) is 5.91 Å². The zero-order valence-electron chi connectivity index (χ0n) is 20.4. The number of amides is 1. The number of carbonyl (C=O) groups excluding carboxylic acids is 1. The van der Waals surface area contributed by atoms with Crippen LogP contribution in [0.3, 0.4) is 0 Å². The first kappa shape index (κ1) is 25.3. The van der Waals surface area contributed by atoms with Crippen molar-refractivity contribution in [2.24, 2.45) is 7.05 Å². The van der Waals surface area contributed by atoms with Gasteiger partial charge in [-0.1, -0.05) is 19.1 Å². The van der Waals surface area contributed by atoms with Gasteiger partial charge in [-0.3, -0.25) is 9.69 Å². The Labute approximate surface area is 210 Å². The van der Waals surface area contributed by atoms with E-state index in [1.807, 2.05) is 0 Å². The van der Waals surface area contributed by atoms with Crippen LogP contribution in [0.4, 0.5) is 27.6 Å². The second-order valence-corrected chi connectivity index (χ2v) is 9.75. The molecule has 0 bridgehead atoms. The molecule has 1 atom stereocenters. The highest BCUT2D eigenvalue weighted by Gasteiger charge is 2.44. The van der Waals surface area contributed by atoms with Crippen molar-refractivity contribution < 1.29 is 26.7 Å². The maximum Gasteiger partial charge on any atom is 0.416 e. The molecule has 0 aliphatic carbocycles. The zero-order valence-corrected chi connectivity index (χ0v) is 20.4.